The van der Waals surface area contributed by atoms with Gasteiger partial charge in [0.1, 0.15) is 6.04 Å². The number of benzene rings is 1. The Morgan fingerprint density at radius 2 is 1.96 bits per heavy atom. The van der Waals surface area contributed by atoms with Crippen LogP contribution in [0, 0.1) is 11.3 Å². The zero-order valence-electron chi connectivity index (χ0n) is 15.2. The lowest BCUT2D eigenvalue weighted by atomic mass is 10.1. The van der Waals surface area contributed by atoms with Crippen LogP contribution in [0.1, 0.15) is 37.6 Å². The smallest absolute Gasteiger partial charge is 0.268 e. The molecule has 1 N–H and O–H groups in total. The van der Waals surface area contributed by atoms with Gasteiger partial charge in [0.15, 0.2) is 8.32 Å². The molecule has 0 saturated carbocycles. The van der Waals surface area contributed by atoms with Crippen LogP contribution in [0.15, 0.2) is 30.3 Å². The average Bonchev–Trinajstić information content (AvgIpc) is 2.53. The third kappa shape index (κ3) is 4.23. The maximum atomic E-state index is 12.7. The first kappa shape index (κ1) is 18.7. The van der Waals surface area contributed by atoms with E-state index in [1.54, 1.807) is 12.1 Å². The number of nitrogens with zero attached hydrogens (tertiary/aromatic N) is 2. The van der Waals surface area contributed by atoms with Crippen molar-refractivity contribution in [3.63, 3.8) is 0 Å². The lowest BCUT2D eigenvalue weighted by Gasteiger charge is -2.43. The molecule has 2 rings (SSSR count). The zero-order valence-corrected chi connectivity index (χ0v) is 16.2. The summed E-state index contributed by atoms with van der Waals surface area (Å²) < 4.78 is 6.45. The molecule has 1 amide bonds. The molecule has 2 atom stereocenters. The van der Waals surface area contributed by atoms with Crippen molar-refractivity contribution < 1.29 is 9.22 Å². The van der Waals surface area contributed by atoms with E-state index in [1.807, 2.05) is 18.2 Å². The molecule has 0 unspecified atom stereocenters. The summed E-state index contributed by atoms with van der Waals surface area (Å²) in [5.74, 6) is -0.126. The molecule has 24 heavy (non-hydrogen) atoms. The van der Waals surface area contributed by atoms with Crippen molar-refractivity contribution in [2.45, 2.75) is 57.5 Å². The zero-order chi connectivity index (χ0) is 18.0. The number of nitriles is 1. The van der Waals surface area contributed by atoms with E-state index in [4.69, 9.17) is 4.43 Å². The fourth-order valence-electron chi connectivity index (χ4n) is 2.47. The summed E-state index contributed by atoms with van der Waals surface area (Å²) in [5, 5.41) is 11.0. The molecule has 1 fully saturated rings. The van der Waals surface area contributed by atoms with Crippen LogP contribution in [0.5, 0.6) is 0 Å². The van der Waals surface area contributed by atoms with Crippen molar-refractivity contribution in [1.29, 1.82) is 5.26 Å². The van der Waals surface area contributed by atoms with Gasteiger partial charge in [-0.3, -0.25) is 9.80 Å². The molecule has 0 aliphatic carbocycles. The van der Waals surface area contributed by atoms with Gasteiger partial charge in [0.2, 0.25) is 0 Å². The highest BCUT2D eigenvalue weighted by Crippen LogP contribution is 2.38. The van der Waals surface area contributed by atoms with Crippen LogP contribution in [0.3, 0.4) is 0 Å². The fraction of sp³-hybridized carbons (Fsp3) is 0.556. The van der Waals surface area contributed by atoms with Gasteiger partial charge in [-0.05, 0) is 30.3 Å². The first-order valence-electron chi connectivity index (χ1n) is 8.34. The van der Waals surface area contributed by atoms with E-state index in [9.17, 15) is 10.1 Å². The Hall–Kier alpha value is -1.68. The Kier molecular flexibility index (Phi) is 5.48. The van der Waals surface area contributed by atoms with E-state index in [-0.39, 0.29) is 17.0 Å². The predicted molar refractivity (Wildman–Crippen MR) is 96.7 cm³/mol. The van der Waals surface area contributed by atoms with Gasteiger partial charge in [-0.15, -0.1) is 0 Å². The first-order valence-corrected chi connectivity index (χ1v) is 11.3. The third-order valence-electron chi connectivity index (χ3n) is 4.89. The highest BCUT2D eigenvalue weighted by atomic mass is 28.4. The number of carbonyl (C=O) groups is 1. The van der Waals surface area contributed by atoms with Crippen LogP contribution >= 0.6 is 0 Å². The third-order valence-corrected chi connectivity index (χ3v) is 9.42. The topological polar surface area (TPSA) is 65.4 Å². The molecule has 0 aromatic heterocycles. The summed E-state index contributed by atoms with van der Waals surface area (Å²) in [6.07, 6.45) is 0.478. The molecule has 1 aromatic carbocycles. The van der Waals surface area contributed by atoms with Crippen LogP contribution in [0.4, 0.5) is 0 Å². The van der Waals surface area contributed by atoms with Gasteiger partial charge in [-0.1, -0.05) is 39.0 Å². The summed E-state index contributed by atoms with van der Waals surface area (Å²) in [5.41, 5.74) is 3.62. The molecule has 130 valence electrons. The van der Waals surface area contributed by atoms with Gasteiger partial charge in [0, 0.05) is 12.0 Å². The van der Waals surface area contributed by atoms with E-state index in [0.717, 1.165) is 0 Å². The van der Waals surface area contributed by atoms with E-state index < -0.39 is 14.4 Å². The van der Waals surface area contributed by atoms with Crippen molar-refractivity contribution in [1.82, 2.24) is 10.4 Å². The van der Waals surface area contributed by atoms with Crippen molar-refractivity contribution in [2.24, 2.45) is 0 Å². The maximum absolute atomic E-state index is 12.7. The molecular formula is C18H27N3O2Si. The standard InChI is InChI=1S/C18H27N3O2Si/c1-18(2,3)24(4,5)23-16-11-15(12-19)20-21(13-16)17(22)14-9-7-6-8-10-14/h6-10,15-16,20H,11,13H2,1-5H3/t15-,16+/m1/s1. The summed E-state index contributed by atoms with van der Waals surface area (Å²) in [7, 11) is -1.95. The summed E-state index contributed by atoms with van der Waals surface area (Å²) in [6, 6.07) is 10.9. The second-order valence-electron chi connectivity index (χ2n) is 7.83. The van der Waals surface area contributed by atoms with Gasteiger partial charge in [0.25, 0.3) is 5.91 Å². The molecule has 1 saturated heterocycles. The molecule has 0 spiro atoms. The first-order chi connectivity index (χ1) is 11.1. The number of carbonyl (C=O) groups excluding carboxylic acids is 1. The Bertz CT molecular complexity index is 619. The van der Waals surface area contributed by atoms with Crippen molar-refractivity contribution in [3.05, 3.63) is 35.9 Å². The normalized spacial score (nSPS) is 22.1. The highest BCUT2D eigenvalue weighted by Gasteiger charge is 2.41. The van der Waals surface area contributed by atoms with Crippen molar-refractivity contribution >= 4 is 14.2 Å². The summed E-state index contributed by atoms with van der Waals surface area (Å²) >= 11 is 0. The molecule has 6 heteroatoms. The molecule has 0 bridgehead atoms. The SMILES string of the molecule is CC(C)(C)[Si](C)(C)O[C@H]1C[C@H](C#N)NN(C(=O)c2ccccc2)C1. The second-order valence-corrected chi connectivity index (χ2v) is 12.6. The molecular weight excluding hydrogens is 318 g/mol. The monoisotopic (exact) mass is 345 g/mol. The number of hydrogen-bond acceptors (Lipinski definition) is 4. The van der Waals surface area contributed by atoms with Gasteiger partial charge in [-0.2, -0.15) is 5.26 Å². The average molecular weight is 346 g/mol. The molecule has 1 heterocycles. The van der Waals surface area contributed by atoms with Gasteiger partial charge in [0.05, 0.1) is 18.7 Å². The van der Waals surface area contributed by atoms with Crippen LogP contribution in [-0.4, -0.2) is 37.9 Å². The highest BCUT2D eigenvalue weighted by molar-refractivity contribution is 6.74. The minimum absolute atomic E-state index is 0.0916. The van der Waals surface area contributed by atoms with Crippen LogP contribution in [0.2, 0.25) is 18.1 Å². The largest absolute Gasteiger partial charge is 0.412 e. The predicted octanol–water partition coefficient (Wildman–Crippen LogP) is 3.32. The molecule has 5 nitrogen and oxygen atoms in total. The second kappa shape index (κ2) is 7.05. The minimum Gasteiger partial charge on any atom is -0.412 e. The quantitative estimate of drug-likeness (QED) is 0.854. The van der Waals surface area contributed by atoms with E-state index >= 15 is 0 Å². The Balaban J connectivity index is 2.15. The van der Waals surface area contributed by atoms with Crippen molar-refractivity contribution in [2.75, 3.05) is 6.54 Å². The van der Waals surface area contributed by atoms with Crippen molar-refractivity contribution in [3.8, 4) is 6.07 Å². The van der Waals surface area contributed by atoms with Gasteiger partial charge < -0.3 is 4.43 Å². The lowest BCUT2D eigenvalue weighted by Crippen LogP contribution is -2.59. The number of nitrogens with one attached hydrogen (secondary N) is 1. The Morgan fingerprint density at radius 3 is 2.50 bits per heavy atom. The summed E-state index contributed by atoms with van der Waals surface area (Å²) in [4.78, 5) is 12.7. The number of rotatable bonds is 3. The number of amides is 1. The molecule has 1 aliphatic heterocycles. The van der Waals surface area contributed by atoms with Gasteiger partial charge in [-0.25, -0.2) is 5.43 Å². The number of hydrazine groups is 1. The van der Waals surface area contributed by atoms with Crippen LogP contribution < -0.4 is 5.43 Å². The van der Waals surface area contributed by atoms with Crippen LogP contribution in [-0.2, 0) is 4.43 Å². The minimum atomic E-state index is -1.95. The van der Waals surface area contributed by atoms with E-state index in [2.05, 4.69) is 45.4 Å². The molecule has 1 aromatic rings. The van der Waals surface area contributed by atoms with E-state index in [1.165, 1.54) is 5.01 Å². The fourth-order valence-corrected chi connectivity index (χ4v) is 3.83. The summed E-state index contributed by atoms with van der Waals surface area (Å²) in [6.45, 7) is 11.4. The Morgan fingerprint density at radius 1 is 1.33 bits per heavy atom. The van der Waals surface area contributed by atoms with Crippen LogP contribution in [0.25, 0.3) is 0 Å². The Labute approximate surface area is 145 Å². The van der Waals surface area contributed by atoms with E-state index in [0.29, 0.717) is 18.5 Å². The molecule has 1 aliphatic rings. The maximum Gasteiger partial charge on any atom is 0.268 e. The lowest BCUT2D eigenvalue weighted by molar-refractivity contribution is 0.0240. The number of hydrogen-bond donors (Lipinski definition) is 1. The van der Waals surface area contributed by atoms with Gasteiger partial charge >= 0.3 is 0 Å². The molecule has 0 radical (unpaired) electrons.